The molecule has 9 nitrogen and oxygen atoms in total. The molecule has 4 rings (SSSR count). The second-order valence-electron chi connectivity index (χ2n) is 12.6. The number of benzene rings is 3. The minimum absolute atomic E-state index is 0.0382. The van der Waals surface area contributed by atoms with Crippen LogP contribution in [0.15, 0.2) is 54.6 Å². The van der Waals surface area contributed by atoms with Crippen molar-refractivity contribution in [3.8, 4) is 17.2 Å². The Hall–Kier alpha value is -3.02. The summed E-state index contributed by atoms with van der Waals surface area (Å²) in [6.07, 6.45) is 5.72. The summed E-state index contributed by atoms with van der Waals surface area (Å²) in [6, 6.07) is 17.5. The highest BCUT2D eigenvalue weighted by Gasteiger charge is 2.35. The third-order valence-electron chi connectivity index (χ3n) is 8.17. The third kappa shape index (κ3) is 13.0. The van der Waals surface area contributed by atoms with Gasteiger partial charge in [-0.05, 0) is 104 Å². The minimum Gasteiger partial charge on any atom is -0.494 e. The average molecular weight is 736 g/mol. The van der Waals surface area contributed by atoms with Crippen molar-refractivity contribution in [1.82, 2.24) is 4.90 Å². The van der Waals surface area contributed by atoms with Crippen molar-refractivity contribution in [3.05, 3.63) is 86.9 Å². The van der Waals surface area contributed by atoms with E-state index in [1.54, 1.807) is 19.2 Å². The molecule has 12 heteroatoms. The number of nitrogens with two attached hydrogens (primary N) is 1. The van der Waals surface area contributed by atoms with Gasteiger partial charge in [-0.1, -0.05) is 41.4 Å². The van der Waals surface area contributed by atoms with E-state index in [1.807, 2.05) is 48.2 Å². The van der Waals surface area contributed by atoms with Gasteiger partial charge in [0.25, 0.3) is 0 Å². The molecule has 0 spiro atoms. The molecule has 268 valence electrons. The van der Waals surface area contributed by atoms with Gasteiger partial charge >= 0.3 is 0 Å². The normalized spacial score (nSPS) is 13.6. The third-order valence-corrected chi connectivity index (χ3v) is 9.76. The fraction of sp³-hybridized carbons (Fsp3) is 0.486. The van der Waals surface area contributed by atoms with Gasteiger partial charge in [0, 0.05) is 39.1 Å². The Labute approximate surface area is 300 Å². The molecule has 1 aliphatic rings. The largest absolute Gasteiger partial charge is 0.494 e. The van der Waals surface area contributed by atoms with Crippen molar-refractivity contribution in [2.75, 3.05) is 52.1 Å². The molecule has 0 bridgehead atoms. The van der Waals surface area contributed by atoms with Gasteiger partial charge in [-0.2, -0.15) is 0 Å². The monoisotopic (exact) mass is 734 g/mol. The number of halogens is 2. The quantitative estimate of drug-likeness (QED) is 0.124. The molecule has 1 fully saturated rings. The first kappa shape index (κ1) is 38.8. The summed E-state index contributed by atoms with van der Waals surface area (Å²) in [4.78, 5) is 15.9. The topological polar surface area (TPSA) is 117 Å². The van der Waals surface area contributed by atoms with E-state index in [0.717, 1.165) is 47.9 Å². The number of carbonyl (C=O) groups excluding carboxylic acids is 1. The number of rotatable bonds is 21. The van der Waals surface area contributed by atoms with Crippen molar-refractivity contribution < 1.29 is 32.2 Å². The van der Waals surface area contributed by atoms with Gasteiger partial charge in [-0.25, -0.2) is 8.42 Å². The summed E-state index contributed by atoms with van der Waals surface area (Å²) in [5.41, 5.74) is 10.2. The van der Waals surface area contributed by atoms with Crippen molar-refractivity contribution in [3.63, 3.8) is 0 Å². The van der Waals surface area contributed by atoms with Crippen molar-refractivity contribution in [2.24, 2.45) is 11.7 Å². The van der Waals surface area contributed by atoms with Crippen LogP contribution in [-0.4, -0.2) is 77.4 Å². The molecule has 2 N–H and O–H groups in total. The average Bonchev–Trinajstić information content (AvgIpc) is 3.89. The molecular weight excluding hydrogens is 687 g/mol. The Morgan fingerprint density at radius 2 is 1.53 bits per heavy atom. The van der Waals surface area contributed by atoms with Crippen LogP contribution in [0.1, 0.15) is 47.9 Å². The van der Waals surface area contributed by atoms with Gasteiger partial charge in [0.1, 0.15) is 34.6 Å². The molecule has 3 aromatic rings. The smallest absolute Gasteiger partial charge is 0.227 e. The molecule has 0 saturated heterocycles. The second kappa shape index (κ2) is 18.8. The van der Waals surface area contributed by atoms with Gasteiger partial charge < -0.3 is 29.6 Å². The maximum atomic E-state index is 14.0. The number of methoxy groups -OCH3 is 1. The lowest BCUT2D eigenvalue weighted by Gasteiger charge is -2.27. The Bertz CT molecular complexity index is 1610. The predicted molar refractivity (Wildman–Crippen MR) is 195 cm³/mol. The summed E-state index contributed by atoms with van der Waals surface area (Å²) in [7, 11) is -1.38. The van der Waals surface area contributed by atoms with E-state index in [0.29, 0.717) is 66.5 Å². The summed E-state index contributed by atoms with van der Waals surface area (Å²) in [5.74, 6) is 1.54. The van der Waals surface area contributed by atoms with E-state index in [2.05, 4.69) is 6.07 Å². The maximum Gasteiger partial charge on any atom is 0.227 e. The van der Waals surface area contributed by atoms with Gasteiger partial charge in [0.2, 0.25) is 5.91 Å². The number of aryl methyl sites for hydroxylation is 2. The molecule has 3 aromatic carbocycles. The fourth-order valence-electron chi connectivity index (χ4n) is 5.59. The van der Waals surface area contributed by atoms with E-state index in [4.69, 9.17) is 47.9 Å². The number of hydrogen-bond acceptors (Lipinski definition) is 8. The zero-order chi connectivity index (χ0) is 35.4. The number of amides is 1. The maximum absolute atomic E-state index is 14.0. The Morgan fingerprint density at radius 3 is 2.16 bits per heavy atom. The molecule has 1 amide bonds. The van der Waals surface area contributed by atoms with Gasteiger partial charge in [0.15, 0.2) is 5.75 Å². The zero-order valence-electron chi connectivity index (χ0n) is 28.6. The molecule has 1 aliphatic carbocycles. The zero-order valence-corrected chi connectivity index (χ0v) is 30.9. The molecule has 1 atom stereocenters. The highest BCUT2D eigenvalue weighted by Crippen LogP contribution is 2.34. The van der Waals surface area contributed by atoms with E-state index in [1.165, 1.54) is 6.26 Å². The van der Waals surface area contributed by atoms with Crippen molar-refractivity contribution in [2.45, 2.75) is 58.0 Å². The number of hydrogen-bond donors (Lipinski definition) is 1. The molecule has 1 saturated carbocycles. The van der Waals surface area contributed by atoms with Crippen molar-refractivity contribution >= 4 is 38.9 Å². The Morgan fingerprint density at radius 1 is 0.878 bits per heavy atom. The van der Waals surface area contributed by atoms with E-state index < -0.39 is 9.84 Å². The van der Waals surface area contributed by atoms with Gasteiger partial charge in [-0.3, -0.25) is 4.79 Å². The van der Waals surface area contributed by atoms with Crippen LogP contribution in [0.4, 0.5) is 0 Å². The highest BCUT2D eigenvalue weighted by atomic mass is 35.5. The summed E-state index contributed by atoms with van der Waals surface area (Å²) >= 11 is 12.5. The van der Waals surface area contributed by atoms with E-state index in [9.17, 15) is 13.2 Å². The molecule has 0 heterocycles. The van der Waals surface area contributed by atoms with E-state index in [-0.39, 0.29) is 36.8 Å². The van der Waals surface area contributed by atoms with Crippen LogP contribution in [0.25, 0.3) is 0 Å². The lowest BCUT2D eigenvalue weighted by Crippen LogP contribution is -2.41. The first-order valence-electron chi connectivity index (χ1n) is 16.7. The van der Waals surface area contributed by atoms with E-state index >= 15 is 0 Å². The molecule has 0 aromatic heterocycles. The van der Waals surface area contributed by atoms with Crippen LogP contribution in [0, 0.1) is 12.8 Å². The molecule has 0 aliphatic heterocycles. The van der Waals surface area contributed by atoms with Crippen LogP contribution in [0.3, 0.4) is 0 Å². The van der Waals surface area contributed by atoms with Crippen LogP contribution in [-0.2, 0) is 38.8 Å². The van der Waals surface area contributed by atoms with Crippen molar-refractivity contribution in [1.29, 1.82) is 0 Å². The molecule has 49 heavy (non-hydrogen) atoms. The summed E-state index contributed by atoms with van der Waals surface area (Å²) in [5, 5.41) is 0.922. The number of nitrogens with zero attached hydrogens (tertiary/aromatic N) is 1. The summed E-state index contributed by atoms with van der Waals surface area (Å²) < 4.78 is 45.9. The van der Waals surface area contributed by atoms with Gasteiger partial charge in [-0.15, -0.1) is 0 Å². The standard InChI is InChI=1S/C37H48Cl2N2O7S/c1-26-18-34(38)36(35(39)19-26)48-16-15-47-32-11-7-27(8-12-32)21-30(24-40)37(42)41(31-9-10-31)25-29-20-28(6-4-13-45-2)22-33(23-29)46-14-5-17-49(3,43)44/h7-8,11-12,18-20,22-23,30-31H,4-6,9-10,13-17,21,24-25,40H2,1-3H3. The lowest BCUT2D eigenvalue weighted by atomic mass is 9.97. The number of sulfone groups is 1. The Balaban J connectivity index is 1.36. The highest BCUT2D eigenvalue weighted by molar-refractivity contribution is 7.90. The SMILES string of the molecule is COCCCc1cc(CN(C(=O)C(CN)Cc2ccc(OCCOc3c(Cl)cc(C)cc3Cl)cc2)C2CC2)cc(OCCCS(C)(=O)=O)c1. The minimum atomic E-state index is -3.06. The summed E-state index contributed by atoms with van der Waals surface area (Å²) in [6.45, 7) is 4.11. The molecule has 1 unspecified atom stereocenters. The van der Waals surface area contributed by atoms with Crippen LogP contribution >= 0.6 is 23.2 Å². The Kier molecular flexibility index (Phi) is 14.9. The van der Waals surface area contributed by atoms with Crippen LogP contribution < -0.4 is 19.9 Å². The van der Waals surface area contributed by atoms with Crippen LogP contribution in [0.5, 0.6) is 17.2 Å². The van der Waals surface area contributed by atoms with Gasteiger partial charge in [0.05, 0.1) is 28.3 Å². The van der Waals surface area contributed by atoms with Crippen LogP contribution in [0.2, 0.25) is 10.0 Å². The lowest BCUT2D eigenvalue weighted by molar-refractivity contribution is -0.136. The first-order chi connectivity index (χ1) is 23.5. The molecular formula is C37H48Cl2N2O7S. The fourth-order valence-corrected chi connectivity index (χ4v) is 6.94. The predicted octanol–water partition coefficient (Wildman–Crippen LogP) is 6.46. The first-order valence-corrected chi connectivity index (χ1v) is 19.5. The number of carbonyl (C=O) groups is 1. The second-order valence-corrected chi connectivity index (χ2v) is 15.7. The molecule has 0 radical (unpaired) electrons. The number of ether oxygens (including phenoxy) is 4.